The molecule has 0 amide bonds. The number of ether oxygens (including phenoxy) is 1. The van der Waals surface area contributed by atoms with Gasteiger partial charge in [0.15, 0.2) is 5.82 Å². The molecule has 1 aromatic rings. The second-order valence-electron chi connectivity index (χ2n) is 4.60. The minimum absolute atomic E-state index is 0.174. The van der Waals surface area contributed by atoms with Crippen LogP contribution in [-0.2, 0) is 11.3 Å². The van der Waals surface area contributed by atoms with Crippen LogP contribution in [0.25, 0.3) is 0 Å². The third kappa shape index (κ3) is 2.63. The maximum absolute atomic E-state index is 5.69. The van der Waals surface area contributed by atoms with Crippen molar-refractivity contribution in [3.63, 3.8) is 0 Å². The summed E-state index contributed by atoms with van der Waals surface area (Å²) >= 11 is 0. The maximum Gasteiger partial charge on any atom is 0.167 e. The van der Waals surface area contributed by atoms with Crippen LogP contribution in [0.4, 0.5) is 0 Å². The van der Waals surface area contributed by atoms with Crippen molar-refractivity contribution in [3.8, 4) is 0 Å². The molecule has 1 saturated heterocycles. The van der Waals surface area contributed by atoms with E-state index in [4.69, 9.17) is 4.74 Å². The summed E-state index contributed by atoms with van der Waals surface area (Å²) in [5, 5.41) is 15.1. The fourth-order valence-corrected chi connectivity index (χ4v) is 2.36. The van der Waals surface area contributed by atoms with Crippen LogP contribution < -0.4 is 5.32 Å². The van der Waals surface area contributed by atoms with Crippen molar-refractivity contribution in [2.24, 2.45) is 5.92 Å². The van der Waals surface area contributed by atoms with E-state index in [0.717, 1.165) is 31.8 Å². The van der Waals surface area contributed by atoms with Crippen LogP contribution in [0, 0.1) is 5.92 Å². The molecule has 2 heterocycles. The Balaban J connectivity index is 2.05. The van der Waals surface area contributed by atoms with Crippen molar-refractivity contribution in [1.82, 2.24) is 25.5 Å². The van der Waals surface area contributed by atoms with Crippen LogP contribution in [-0.4, -0.2) is 40.0 Å². The highest BCUT2D eigenvalue weighted by molar-refractivity contribution is 4.90. The highest BCUT2D eigenvalue weighted by Crippen LogP contribution is 2.25. The minimum Gasteiger partial charge on any atom is -0.378 e. The van der Waals surface area contributed by atoms with E-state index in [1.165, 1.54) is 0 Å². The molecule has 6 heteroatoms. The van der Waals surface area contributed by atoms with Crippen LogP contribution in [0.5, 0.6) is 0 Å². The summed E-state index contributed by atoms with van der Waals surface area (Å²) in [6.07, 6.45) is 2.52. The Hall–Kier alpha value is -1.01. The molecular formula is C11H21N5O. The Kier molecular flexibility index (Phi) is 4.06. The van der Waals surface area contributed by atoms with E-state index in [2.05, 4.69) is 34.7 Å². The lowest BCUT2D eigenvalue weighted by molar-refractivity contribution is 0.0820. The first-order valence-electron chi connectivity index (χ1n) is 6.31. The third-order valence-electron chi connectivity index (χ3n) is 3.54. The molecule has 2 rings (SSSR count). The highest BCUT2D eigenvalue weighted by Gasteiger charge is 2.28. The molecular weight excluding hydrogens is 218 g/mol. The van der Waals surface area contributed by atoms with E-state index in [-0.39, 0.29) is 6.04 Å². The highest BCUT2D eigenvalue weighted by atomic mass is 16.5. The molecule has 1 aromatic heterocycles. The van der Waals surface area contributed by atoms with E-state index < -0.39 is 0 Å². The summed E-state index contributed by atoms with van der Waals surface area (Å²) in [5.41, 5.74) is 0. The monoisotopic (exact) mass is 239 g/mol. The van der Waals surface area contributed by atoms with Gasteiger partial charge in [0.2, 0.25) is 0 Å². The SMILES string of the molecule is CCC1OCCC1Cn1nnnc1C(C)NC. The normalized spacial score (nSPS) is 26.3. The zero-order valence-corrected chi connectivity index (χ0v) is 10.8. The summed E-state index contributed by atoms with van der Waals surface area (Å²) in [7, 11) is 1.91. The number of nitrogens with zero attached hydrogens (tertiary/aromatic N) is 4. The largest absolute Gasteiger partial charge is 0.378 e. The van der Waals surface area contributed by atoms with Crippen molar-refractivity contribution in [1.29, 1.82) is 0 Å². The van der Waals surface area contributed by atoms with Gasteiger partial charge in [-0.05, 0) is 37.2 Å². The first-order valence-corrected chi connectivity index (χ1v) is 6.31. The predicted molar refractivity (Wildman–Crippen MR) is 63.4 cm³/mol. The van der Waals surface area contributed by atoms with Gasteiger partial charge in [-0.3, -0.25) is 0 Å². The van der Waals surface area contributed by atoms with Crippen LogP contribution in [0.2, 0.25) is 0 Å². The fourth-order valence-electron chi connectivity index (χ4n) is 2.36. The van der Waals surface area contributed by atoms with Crippen molar-refractivity contribution in [2.75, 3.05) is 13.7 Å². The molecule has 0 radical (unpaired) electrons. The summed E-state index contributed by atoms with van der Waals surface area (Å²) in [6, 6.07) is 0.174. The van der Waals surface area contributed by atoms with Gasteiger partial charge in [0, 0.05) is 12.5 Å². The molecule has 17 heavy (non-hydrogen) atoms. The number of hydrogen-bond donors (Lipinski definition) is 1. The Morgan fingerprint density at radius 3 is 3.12 bits per heavy atom. The molecule has 3 atom stereocenters. The Morgan fingerprint density at radius 1 is 1.59 bits per heavy atom. The van der Waals surface area contributed by atoms with Gasteiger partial charge >= 0.3 is 0 Å². The van der Waals surface area contributed by atoms with Crippen molar-refractivity contribution >= 4 is 0 Å². The Labute approximate surface area is 102 Å². The lowest BCUT2D eigenvalue weighted by Crippen LogP contribution is -2.25. The predicted octanol–water partition coefficient (Wildman–Crippen LogP) is 0.769. The third-order valence-corrected chi connectivity index (χ3v) is 3.54. The molecule has 0 saturated carbocycles. The summed E-state index contributed by atoms with van der Waals surface area (Å²) < 4.78 is 7.60. The van der Waals surface area contributed by atoms with Gasteiger partial charge in [-0.1, -0.05) is 6.92 Å². The van der Waals surface area contributed by atoms with Crippen LogP contribution in [0.15, 0.2) is 0 Å². The van der Waals surface area contributed by atoms with Gasteiger partial charge in [-0.2, -0.15) is 0 Å². The molecule has 1 fully saturated rings. The molecule has 0 bridgehead atoms. The molecule has 96 valence electrons. The molecule has 0 aliphatic carbocycles. The lowest BCUT2D eigenvalue weighted by Gasteiger charge is -2.18. The first kappa shape index (κ1) is 12.4. The minimum atomic E-state index is 0.174. The zero-order valence-electron chi connectivity index (χ0n) is 10.8. The Bertz CT molecular complexity index is 353. The van der Waals surface area contributed by atoms with Crippen LogP contribution in [0.3, 0.4) is 0 Å². The number of rotatable bonds is 5. The quantitative estimate of drug-likeness (QED) is 0.822. The van der Waals surface area contributed by atoms with Gasteiger partial charge < -0.3 is 10.1 Å². The smallest absolute Gasteiger partial charge is 0.167 e. The van der Waals surface area contributed by atoms with E-state index in [0.29, 0.717) is 12.0 Å². The summed E-state index contributed by atoms with van der Waals surface area (Å²) in [5.74, 6) is 1.43. The number of aromatic nitrogens is 4. The van der Waals surface area contributed by atoms with E-state index in [1.807, 2.05) is 11.7 Å². The van der Waals surface area contributed by atoms with Crippen molar-refractivity contribution in [3.05, 3.63) is 5.82 Å². The molecule has 0 aromatic carbocycles. The maximum atomic E-state index is 5.69. The average Bonchev–Trinajstić information content (AvgIpc) is 2.97. The van der Waals surface area contributed by atoms with Gasteiger partial charge in [0.05, 0.1) is 18.7 Å². The second kappa shape index (κ2) is 5.55. The molecule has 6 nitrogen and oxygen atoms in total. The van der Waals surface area contributed by atoms with Crippen LogP contribution in [0.1, 0.15) is 38.6 Å². The Morgan fingerprint density at radius 2 is 2.41 bits per heavy atom. The zero-order chi connectivity index (χ0) is 12.3. The lowest BCUT2D eigenvalue weighted by atomic mass is 10.00. The molecule has 0 spiro atoms. The van der Waals surface area contributed by atoms with Crippen molar-refractivity contribution < 1.29 is 4.74 Å². The number of tetrazole rings is 1. The topological polar surface area (TPSA) is 64.9 Å². The molecule has 1 N–H and O–H groups in total. The van der Waals surface area contributed by atoms with Gasteiger partial charge in [0.25, 0.3) is 0 Å². The van der Waals surface area contributed by atoms with E-state index in [9.17, 15) is 0 Å². The van der Waals surface area contributed by atoms with Gasteiger partial charge in [-0.25, -0.2) is 4.68 Å². The summed E-state index contributed by atoms with van der Waals surface area (Å²) in [6.45, 7) is 5.94. The standard InChI is InChI=1S/C11H21N5O/c1-4-10-9(5-6-17-10)7-16-11(8(2)12-3)13-14-15-16/h8-10,12H,4-7H2,1-3H3. The van der Waals surface area contributed by atoms with Crippen molar-refractivity contribution in [2.45, 2.75) is 45.4 Å². The van der Waals surface area contributed by atoms with Gasteiger partial charge in [-0.15, -0.1) is 5.10 Å². The second-order valence-corrected chi connectivity index (χ2v) is 4.60. The fraction of sp³-hybridized carbons (Fsp3) is 0.909. The number of nitrogens with one attached hydrogen (secondary N) is 1. The van der Waals surface area contributed by atoms with Crippen LogP contribution >= 0.6 is 0 Å². The molecule has 1 aliphatic heterocycles. The number of hydrogen-bond acceptors (Lipinski definition) is 5. The molecule has 1 aliphatic rings. The van der Waals surface area contributed by atoms with E-state index in [1.54, 1.807) is 0 Å². The van der Waals surface area contributed by atoms with Gasteiger partial charge in [0.1, 0.15) is 0 Å². The first-order chi connectivity index (χ1) is 8.26. The average molecular weight is 239 g/mol. The molecule has 3 unspecified atom stereocenters. The van der Waals surface area contributed by atoms with E-state index >= 15 is 0 Å². The summed E-state index contributed by atoms with van der Waals surface area (Å²) in [4.78, 5) is 0.